The zero-order chi connectivity index (χ0) is 20.0. The first kappa shape index (κ1) is 21.4. The van der Waals surface area contributed by atoms with Crippen LogP contribution in [-0.4, -0.2) is 37.9 Å². The van der Waals surface area contributed by atoms with Gasteiger partial charge in [-0.3, -0.25) is 0 Å². The third kappa shape index (κ3) is 5.80. The van der Waals surface area contributed by atoms with Gasteiger partial charge in [-0.25, -0.2) is 9.59 Å². The SMILES string of the molecule is COC(=O)/C1=C/CC[C@]2(C)O[C@H]2CC/C(C(=O)OC)=C\C=C(/C(C)C)CC1. The van der Waals surface area contributed by atoms with E-state index in [2.05, 4.69) is 20.8 Å². The van der Waals surface area contributed by atoms with Crippen LogP contribution in [0.3, 0.4) is 0 Å². The van der Waals surface area contributed by atoms with Crippen LogP contribution in [0.2, 0.25) is 0 Å². The van der Waals surface area contributed by atoms with E-state index in [0.717, 1.165) is 25.7 Å². The van der Waals surface area contributed by atoms with Crippen molar-refractivity contribution in [2.24, 2.45) is 5.92 Å². The summed E-state index contributed by atoms with van der Waals surface area (Å²) in [6.45, 7) is 6.32. The molecular formula is C22H32O5. The molecule has 0 aromatic rings. The molecule has 27 heavy (non-hydrogen) atoms. The number of ether oxygens (including phenoxy) is 3. The summed E-state index contributed by atoms with van der Waals surface area (Å²) in [5, 5.41) is 0. The van der Waals surface area contributed by atoms with Gasteiger partial charge in [-0.15, -0.1) is 0 Å². The number of hydrogen-bond donors (Lipinski definition) is 0. The molecule has 0 amide bonds. The summed E-state index contributed by atoms with van der Waals surface area (Å²) in [6.07, 6.45) is 10.4. The molecule has 0 saturated carbocycles. The molecule has 0 spiro atoms. The van der Waals surface area contributed by atoms with Crippen molar-refractivity contribution in [2.45, 2.75) is 71.0 Å². The molecule has 0 bridgehead atoms. The quantitative estimate of drug-likeness (QED) is 0.543. The lowest BCUT2D eigenvalue weighted by molar-refractivity contribution is -0.137. The van der Waals surface area contributed by atoms with Gasteiger partial charge in [0.25, 0.3) is 0 Å². The Morgan fingerprint density at radius 2 is 1.74 bits per heavy atom. The Bertz CT molecular complexity index is 656. The number of fused-ring (bicyclic) bond motifs is 1. The van der Waals surface area contributed by atoms with Crippen molar-refractivity contribution in [1.82, 2.24) is 0 Å². The van der Waals surface area contributed by atoms with Crippen molar-refractivity contribution in [3.8, 4) is 0 Å². The van der Waals surface area contributed by atoms with Crippen molar-refractivity contribution in [3.63, 3.8) is 0 Å². The molecule has 150 valence electrons. The normalized spacial score (nSPS) is 32.5. The van der Waals surface area contributed by atoms with Crippen molar-refractivity contribution < 1.29 is 23.8 Å². The summed E-state index contributed by atoms with van der Waals surface area (Å²) >= 11 is 0. The van der Waals surface area contributed by atoms with Gasteiger partial charge in [0.15, 0.2) is 0 Å². The van der Waals surface area contributed by atoms with Gasteiger partial charge in [0.1, 0.15) is 0 Å². The summed E-state index contributed by atoms with van der Waals surface area (Å²) in [4.78, 5) is 24.3. The number of epoxide rings is 1. The molecule has 1 aliphatic heterocycles. The lowest BCUT2D eigenvalue weighted by atomic mass is 9.92. The number of esters is 2. The maximum atomic E-state index is 12.1. The Morgan fingerprint density at radius 3 is 2.37 bits per heavy atom. The topological polar surface area (TPSA) is 65.1 Å². The summed E-state index contributed by atoms with van der Waals surface area (Å²) in [6, 6.07) is 0. The molecule has 1 fully saturated rings. The van der Waals surface area contributed by atoms with Crippen molar-refractivity contribution in [2.75, 3.05) is 14.2 Å². The lowest BCUT2D eigenvalue weighted by Crippen LogP contribution is -2.12. The number of hydrogen-bond acceptors (Lipinski definition) is 5. The molecule has 0 aromatic carbocycles. The van der Waals surface area contributed by atoms with Gasteiger partial charge in [0.2, 0.25) is 0 Å². The van der Waals surface area contributed by atoms with E-state index in [1.807, 2.05) is 18.2 Å². The number of methoxy groups -OCH3 is 2. The highest BCUT2D eigenvalue weighted by Gasteiger charge is 2.50. The fraction of sp³-hybridized carbons (Fsp3) is 0.636. The molecule has 5 heteroatoms. The average molecular weight is 376 g/mol. The van der Waals surface area contributed by atoms with E-state index in [4.69, 9.17) is 14.2 Å². The fourth-order valence-corrected chi connectivity index (χ4v) is 3.55. The summed E-state index contributed by atoms with van der Waals surface area (Å²) in [5.74, 6) is -0.240. The zero-order valence-electron chi connectivity index (χ0n) is 17.2. The second-order valence-electron chi connectivity index (χ2n) is 7.80. The van der Waals surface area contributed by atoms with Crippen LogP contribution in [0.4, 0.5) is 0 Å². The third-order valence-electron chi connectivity index (χ3n) is 5.56. The highest BCUT2D eigenvalue weighted by Crippen LogP contribution is 2.43. The molecule has 1 saturated heterocycles. The first-order valence-electron chi connectivity index (χ1n) is 9.73. The molecular weight excluding hydrogens is 344 g/mol. The van der Waals surface area contributed by atoms with Gasteiger partial charge < -0.3 is 14.2 Å². The van der Waals surface area contributed by atoms with Crippen LogP contribution >= 0.6 is 0 Å². The first-order chi connectivity index (χ1) is 12.8. The number of allylic oxidation sites excluding steroid dienone is 4. The van der Waals surface area contributed by atoms with E-state index in [1.165, 1.54) is 19.8 Å². The van der Waals surface area contributed by atoms with Crippen LogP contribution in [0.1, 0.15) is 59.3 Å². The molecule has 2 aliphatic rings. The molecule has 5 nitrogen and oxygen atoms in total. The molecule has 0 aromatic heterocycles. The summed E-state index contributed by atoms with van der Waals surface area (Å²) < 4.78 is 15.8. The van der Waals surface area contributed by atoms with Crippen molar-refractivity contribution >= 4 is 11.9 Å². The van der Waals surface area contributed by atoms with Crippen molar-refractivity contribution in [3.05, 3.63) is 34.9 Å². The Morgan fingerprint density at radius 1 is 1.07 bits per heavy atom. The van der Waals surface area contributed by atoms with E-state index in [-0.39, 0.29) is 23.6 Å². The Hall–Kier alpha value is -1.88. The molecule has 0 N–H and O–H groups in total. The second-order valence-corrected chi connectivity index (χ2v) is 7.80. The minimum atomic E-state index is -0.293. The standard InChI is InChI=1S/C22H32O5/c1-15(2)16-8-10-17(20(23)25-4)7-6-14-22(3)19(27-22)13-12-18(11-9-16)21(24)26-5/h7,9,11,15,19H,6,8,10,12-14H2,1-5H3/b16-9-,17-7+,18-11+/t19-,22-/m0/s1. The molecule has 0 radical (unpaired) electrons. The summed E-state index contributed by atoms with van der Waals surface area (Å²) in [7, 11) is 2.83. The van der Waals surface area contributed by atoms with Gasteiger partial charge in [0, 0.05) is 11.1 Å². The minimum absolute atomic E-state index is 0.136. The maximum absolute atomic E-state index is 12.1. The van der Waals surface area contributed by atoms with Crippen LogP contribution in [0.5, 0.6) is 0 Å². The maximum Gasteiger partial charge on any atom is 0.333 e. The predicted molar refractivity (Wildman–Crippen MR) is 104 cm³/mol. The molecule has 2 rings (SSSR count). The smallest absolute Gasteiger partial charge is 0.333 e. The highest BCUT2D eigenvalue weighted by atomic mass is 16.6. The van der Waals surface area contributed by atoms with Crippen LogP contribution in [0.25, 0.3) is 0 Å². The van der Waals surface area contributed by atoms with Gasteiger partial charge in [-0.2, -0.15) is 0 Å². The largest absolute Gasteiger partial charge is 0.466 e. The van der Waals surface area contributed by atoms with E-state index >= 15 is 0 Å². The van der Waals surface area contributed by atoms with E-state index in [0.29, 0.717) is 29.9 Å². The lowest BCUT2D eigenvalue weighted by Gasteiger charge is -2.13. The Balaban J connectivity index is 2.31. The van der Waals surface area contributed by atoms with Gasteiger partial charge >= 0.3 is 11.9 Å². The van der Waals surface area contributed by atoms with E-state index in [1.54, 1.807) is 0 Å². The predicted octanol–water partition coefficient (Wildman–Crippen LogP) is 4.28. The Kier molecular flexibility index (Phi) is 7.42. The monoisotopic (exact) mass is 376 g/mol. The van der Waals surface area contributed by atoms with Crippen LogP contribution in [-0.2, 0) is 23.8 Å². The average Bonchev–Trinajstić information content (AvgIpc) is 3.30. The van der Waals surface area contributed by atoms with Gasteiger partial charge in [-0.05, 0) is 51.4 Å². The Labute approximate surface area is 162 Å². The first-order valence-corrected chi connectivity index (χ1v) is 9.73. The summed E-state index contributed by atoms with van der Waals surface area (Å²) in [5.41, 5.74) is 2.38. The molecule has 0 unspecified atom stereocenters. The van der Waals surface area contributed by atoms with E-state index < -0.39 is 0 Å². The molecule has 1 heterocycles. The van der Waals surface area contributed by atoms with E-state index in [9.17, 15) is 9.59 Å². The van der Waals surface area contributed by atoms with Crippen LogP contribution < -0.4 is 0 Å². The number of rotatable bonds is 3. The highest BCUT2D eigenvalue weighted by molar-refractivity contribution is 5.89. The van der Waals surface area contributed by atoms with Crippen molar-refractivity contribution in [1.29, 1.82) is 0 Å². The fourth-order valence-electron chi connectivity index (χ4n) is 3.55. The number of carbonyl (C=O) groups is 2. The molecule has 2 atom stereocenters. The number of carbonyl (C=O) groups excluding carboxylic acids is 2. The minimum Gasteiger partial charge on any atom is -0.466 e. The van der Waals surface area contributed by atoms with Crippen LogP contribution in [0, 0.1) is 5.92 Å². The second kappa shape index (κ2) is 9.36. The van der Waals surface area contributed by atoms with Gasteiger partial charge in [-0.1, -0.05) is 37.6 Å². The van der Waals surface area contributed by atoms with Gasteiger partial charge in [0.05, 0.1) is 25.9 Å². The third-order valence-corrected chi connectivity index (χ3v) is 5.56. The molecule has 1 aliphatic carbocycles. The van der Waals surface area contributed by atoms with Crippen LogP contribution in [0.15, 0.2) is 34.9 Å². The zero-order valence-corrected chi connectivity index (χ0v) is 17.2.